The summed E-state index contributed by atoms with van der Waals surface area (Å²) in [5.74, 6) is 0.372. The van der Waals surface area contributed by atoms with E-state index in [0.29, 0.717) is 19.0 Å². The van der Waals surface area contributed by atoms with Crippen molar-refractivity contribution >= 4 is 11.8 Å². The molecule has 2 rings (SSSR count). The van der Waals surface area contributed by atoms with Crippen LogP contribution in [0.15, 0.2) is 18.3 Å². The highest BCUT2D eigenvalue weighted by molar-refractivity contribution is 5.68. The molecule has 5 heteroatoms. The van der Waals surface area contributed by atoms with Crippen LogP contribution in [-0.2, 0) is 4.74 Å². The van der Waals surface area contributed by atoms with Gasteiger partial charge >= 0.3 is 6.09 Å². The summed E-state index contributed by atoms with van der Waals surface area (Å²) in [6, 6.07) is 3.72. The van der Waals surface area contributed by atoms with Crippen LogP contribution in [0.3, 0.4) is 0 Å². The van der Waals surface area contributed by atoms with Crippen LogP contribution in [0.25, 0.3) is 0 Å². The van der Waals surface area contributed by atoms with Gasteiger partial charge in [0.2, 0.25) is 0 Å². The fourth-order valence-electron chi connectivity index (χ4n) is 2.37. The van der Waals surface area contributed by atoms with Crippen LogP contribution in [0, 0.1) is 0 Å². The third kappa shape index (κ3) is 3.85. The molecule has 1 aliphatic rings. The van der Waals surface area contributed by atoms with E-state index in [9.17, 15) is 4.79 Å². The van der Waals surface area contributed by atoms with Gasteiger partial charge in [0.1, 0.15) is 5.60 Å². The van der Waals surface area contributed by atoms with E-state index in [-0.39, 0.29) is 6.09 Å². The molecule has 1 aromatic rings. The molecule has 0 atom stereocenters. The SMILES string of the molecule is CC(C)(C)OC(=O)N1CCC(c2cc(N)ccn2)CC1. The highest BCUT2D eigenvalue weighted by atomic mass is 16.6. The maximum absolute atomic E-state index is 12.0. The Labute approximate surface area is 120 Å². The van der Waals surface area contributed by atoms with E-state index in [1.54, 1.807) is 17.2 Å². The van der Waals surface area contributed by atoms with E-state index in [1.807, 2.05) is 26.8 Å². The predicted octanol–water partition coefficient (Wildman–Crippen LogP) is 2.78. The molecule has 110 valence electrons. The zero-order valence-electron chi connectivity index (χ0n) is 12.4. The summed E-state index contributed by atoms with van der Waals surface area (Å²) < 4.78 is 5.39. The number of hydrogen-bond donors (Lipinski definition) is 1. The number of nitrogens with two attached hydrogens (primary N) is 1. The van der Waals surface area contributed by atoms with E-state index in [4.69, 9.17) is 10.5 Å². The Morgan fingerprint density at radius 2 is 2.05 bits per heavy atom. The third-order valence-corrected chi connectivity index (χ3v) is 3.37. The molecule has 2 heterocycles. The monoisotopic (exact) mass is 277 g/mol. The standard InChI is InChI=1S/C15H23N3O2/c1-15(2,3)20-14(19)18-8-5-11(6-9-18)13-10-12(16)4-7-17-13/h4,7,10-11H,5-6,8-9H2,1-3H3,(H2,16,17). The second-order valence-corrected chi connectivity index (χ2v) is 6.26. The summed E-state index contributed by atoms with van der Waals surface area (Å²) in [5.41, 5.74) is 7.11. The fraction of sp³-hybridized carbons (Fsp3) is 0.600. The van der Waals surface area contributed by atoms with E-state index in [0.717, 1.165) is 24.2 Å². The number of piperidine rings is 1. The van der Waals surface area contributed by atoms with Crippen LogP contribution in [0.4, 0.5) is 10.5 Å². The third-order valence-electron chi connectivity index (χ3n) is 3.37. The predicted molar refractivity (Wildman–Crippen MR) is 78.4 cm³/mol. The van der Waals surface area contributed by atoms with Crippen molar-refractivity contribution in [1.29, 1.82) is 0 Å². The molecule has 0 radical (unpaired) electrons. The number of anilines is 1. The summed E-state index contributed by atoms with van der Waals surface area (Å²) in [4.78, 5) is 18.1. The van der Waals surface area contributed by atoms with Gasteiger partial charge in [-0.3, -0.25) is 4.98 Å². The number of carbonyl (C=O) groups is 1. The van der Waals surface area contributed by atoms with Gasteiger partial charge < -0.3 is 15.4 Å². The zero-order valence-corrected chi connectivity index (χ0v) is 12.4. The number of ether oxygens (including phenoxy) is 1. The Kier molecular flexibility index (Phi) is 4.16. The lowest BCUT2D eigenvalue weighted by Gasteiger charge is -2.33. The lowest BCUT2D eigenvalue weighted by atomic mass is 9.93. The van der Waals surface area contributed by atoms with Gasteiger partial charge in [0.25, 0.3) is 0 Å². The van der Waals surface area contributed by atoms with Crippen LogP contribution in [-0.4, -0.2) is 34.7 Å². The van der Waals surface area contributed by atoms with Gasteiger partial charge in [0.05, 0.1) is 0 Å². The van der Waals surface area contributed by atoms with Crippen molar-refractivity contribution in [3.05, 3.63) is 24.0 Å². The molecule has 0 aromatic carbocycles. The number of pyridine rings is 1. The molecule has 0 bridgehead atoms. The molecule has 0 saturated carbocycles. The Morgan fingerprint density at radius 3 is 2.60 bits per heavy atom. The number of nitrogens with zero attached hydrogens (tertiary/aromatic N) is 2. The molecule has 0 spiro atoms. The van der Waals surface area contributed by atoms with Crippen LogP contribution < -0.4 is 5.73 Å². The highest BCUT2D eigenvalue weighted by Crippen LogP contribution is 2.28. The summed E-state index contributed by atoms with van der Waals surface area (Å²) in [7, 11) is 0. The minimum atomic E-state index is -0.441. The van der Waals surface area contributed by atoms with E-state index in [1.165, 1.54) is 0 Å². The van der Waals surface area contributed by atoms with Crippen molar-refractivity contribution in [1.82, 2.24) is 9.88 Å². The quantitative estimate of drug-likeness (QED) is 0.857. The first-order valence-electron chi connectivity index (χ1n) is 7.04. The Bertz CT molecular complexity index is 474. The first-order valence-corrected chi connectivity index (χ1v) is 7.04. The Morgan fingerprint density at radius 1 is 1.40 bits per heavy atom. The maximum Gasteiger partial charge on any atom is 0.410 e. The van der Waals surface area contributed by atoms with E-state index >= 15 is 0 Å². The molecule has 0 unspecified atom stereocenters. The number of aromatic nitrogens is 1. The fourth-order valence-corrected chi connectivity index (χ4v) is 2.37. The van der Waals surface area contributed by atoms with Crippen molar-refractivity contribution in [2.45, 2.75) is 45.1 Å². The van der Waals surface area contributed by atoms with Crippen LogP contribution >= 0.6 is 0 Å². The topological polar surface area (TPSA) is 68.5 Å². The van der Waals surface area contributed by atoms with Crippen LogP contribution in [0.5, 0.6) is 0 Å². The molecular formula is C15H23N3O2. The second kappa shape index (κ2) is 5.69. The molecular weight excluding hydrogens is 254 g/mol. The molecule has 1 amide bonds. The van der Waals surface area contributed by atoms with Crippen LogP contribution in [0.2, 0.25) is 0 Å². The van der Waals surface area contributed by atoms with Gasteiger partial charge in [-0.25, -0.2) is 4.79 Å². The highest BCUT2D eigenvalue weighted by Gasteiger charge is 2.27. The number of amides is 1. The lowest BCUT2D eigenvalue weighted by molar-refractivity contribution is 0.0204. The van der Waals surface area contributed by atoms with Crippen molar-refractivity contribution in [2.75, 3.05) is 18.8 Å². The van der Waals surface area contributed by atoms with Gasteiger partial charge in [-0.1, -0.05) is 0 Å². The lowest BCUT2D eigenvalue weighted by Crippen LogP contribution is -2.41. The summed E-state index contributed by atoms with van der Waals surface area (Å²) >= 11 is 0. The van der Waals surface area contributed by atoms with Gasteiger partial charge in [-0.15, -0.1) is 0 Å². The molecule has 1 fully saturated rings. The van der Waals surface area contributed by atoms with Crippen molar-refractivity contribution < 1.29 is 9.53 Å². The first kappa shape index (κ1) is 14.6. The van der Waals surface area contributed by atoms with Gasteiger partial charge in [0.15, 0.2) is 0 Å². The largest absolute Gasteiger partial charge is 0.444 e. The zero-order chi connectivity index (χ0) is 14.8. The smallest absolute Gasteiger partial charge is 0.410 e. The van der Waals surface area contributed by atoms with E-state index < -0.39 is 5.60 Å². The number of hydrogen-bond acceptors (Lipinski definition) is 4. The maximum atomic E-state index is 12.0. The van der Waals surface area contributed by atoms with E-state index in [2.05, 4.69) is 4.98 Å². The normalized spacial score (nSPS) is 17.1. The average Bonchev–Trinajstić information content (AvgIpc) is 2.37. The summed E-state index contributed by atoms with van der Waals surface area (Å²) in [6.45, 7) is 7.06. The molecule has 20 heavy (non-hydrogen) atoms. The summed E-state index contributed by atoms with van der Waals surface area (Å²) in [5, 5.41) is 0. The van der Waals surface area contributed by atoms with Crippen molar-refractivity contribution in [2.24, 2.45) is 0 Å². The molecule has 1 aromatic heterocycles. The van der Waals surface area contributed by atoms with Crippen molar-refractivity contribution in [3.8, 4) is 0 Å². The van der Waals surface area contributed by atoms with Crippen LogP contribution in [0.1, 0.15) is 45.2 Å². The molecule has 1 saturated heterocycles. The number of carbonyl (C=O) groups excluding carboxylic acids is 1. The minimum Gasteiger partial charge on any atom is -0.444 e. The molecule has 1 aliphatic heterocycles. The first-order chi connectivity index (χ1) is 9.35. The molecule has 0 aliphatic carbocycles. The molecule has 2 N–H and O–H groups in total. The summed E-state index contributed by atoms with van der Waals surface area (Å²) in [6.07, 6.45) is 3.31. The minimum absolute atomic E-state index is 0.225. The van der Waals surface area contributed by atoms with Crippen molar-refractivity contribution in [3.63, 3.8) is 0 Å². The number of nitrogen functional groups attached to an aromatic ring is 1. The van der Waals surface area contributed by atoms with Gasteiger partial charge in [0, 0.05) is 36.6 Å². The number of likely N-dealkylation sites (tertiary alicyclic amines) is 1. The van der Waals surface area contributed by atoms with Gasteiger partial charge in [-0.2, -0.15) is 0 Å². The average molecular weight is 277 g/mol. The number of rotatable bonds is 1. The molecule has 5 nitrogen and oxygen atoms in total. The Balaban J connectivity index is 1.91. The Hall–Kier alpha value is -1.78. The second-order valence-electron chi connectivity index (χ2n) is 6.26. The van der Waals surface area contributed by atoms with Gasteiger partial charge in [-0.05, 0) is 45.7 Å².